The molecule has 1 N–H and O–H groups in total. The molecular weight excluding hydrogens is 140 g/mol. The first-order valence-corrected chi connectivity index (χ1v) is 3.38. The van der Waals surface area contributed by atoms with Gasteiger partial charge in [0.15, 0.2) is 6.20 Å². The number of hydrazone groups is 1. The van der Waals surface area contributed by atoms with E-state index in [-0.39, 0.29) is 0 Å². The SMILES string of the molecule is Cc1cc([N+]2C=CC=N2)[nH]n1. The Labute approximate surface area is 64.2 Å². The molecule has 0 spiro atoms. The number of nitrogens with zero attached hydrogens (tertiary/aromatic N) is 3. The maximum Gasteiger partial charge on any atom is 0.308 e. The number of rotatable bonds is 1. The zero-order valence-electron chi connectivity index (χ0n) is 6.15. The highest BCUT2D eigenvalue weighted by Gasteiger charge is 2.19. The van der Waals surface area contributed by atoms with Gasteiger partial charge >= 0.3 is 5.82 Å². The molecule has 4 heteroatoms. The van der Waals surface area contributed by atoms with Crippen LogP contribution in [0.25, 0.3) is 0 Å². The number of aromatic nitrogens is 2. The highest BCUT2D eigenvalue weighted by Crippen LogP contribution is 2.13. The molecule has 1 aliphatic heterocycles. The summed E-state index contributed by atoms with van der Waals surface area (Å²) >= 11 is 0. The molecule has 0 aliphatic carbocycles. The van der Waals surface area contributed by atoms with Crippen LogP contribution in [0.15, 0.2) is 23.4 Å². The van der Waals surface area contributed by atoms with Gasteiger partial charge in [0.25, 0.3) is 0 Å². The Morgan fingerprint density at radius 1 is 1.55 bits per heavy atom. The highest BCUT2D eigenvalue weighted by molar-refractivity contribution is 5.74. The Hall–Kier alpha value is -1.42. The zero-order chi connectivity index (χ0) is 7.68. The maximum absolute atomic E-state index is 4.05. The van der Waals surface area contributed by atoms with E-state index in [0.717, 1.165) is 11.5 Å². The summed E-state index contributed by atoms with van der Waals surface area (Å²) in [5.74, 6) is 0.896. The molecule has 0 atom stereocenters. The first-order valence-electron chi connectivity index (χ1n) is 3.38. The number of aromatic amines is 1. The number of allylic oxidation sites excluding steroid dienone is 1. The van der Waals surface area contributed by atoms with E-state index in [1.54, 1.807) is 11.2 Å². The van der Waals surface area contributed by atoms with Crippen molar-refractivity contribution in [1.29, 1.82) is 0 Å². The summed E-state index contributed by atoms with van der Waals surface area (Å²) in [4.78, 5) is 0. The van der Waals surface area contributed by atoms with Crippen molar-refractivity contribution in [2.24, 2.45) is 5.10 Å². The topological polar surface area (TPSA) is 46.9 Å². The molecular formula is C7H8N4+. The normalized spacial score (nSPS) is 16.5. The maximum atomic E-state index is 4.05. The van der Waals surface area contributed by atoms with Crippen LogP contribution in [0.4, 0.5) is 5.82 Å². The monoisotopic (exact) mass is 148 g/mol. The summed E-state index contributed by atoms with van der Waals surface area (Å²) in [5.41, 5.74) is 0.968. The van der Waals surface area contributed by atoms with E-state index in [1.807, 2.05) is 25.3 Å². The summed E-state index contributed by atoms with van der Waals surface area (Å²) in [6.07, 6.45) is 5.47. The van der Waals surface area contributed by atoms with Crippen LogP contribution >= 0.6 is 0 Å². The van der Waals surface area contributed by atoms with Gasteiger partial charge in [0.2, 0.25) is 0 Å². The molecule has 0 aromatic carbocycles. The molecule has 2 heterocycles. The largest absolute Gasteiger partial charge is 0.308 e. The molecule has 1 aromatic rings. The predicted molar refractivity (Wildman–Crippen MR) is 42.8 cm³/mol. The first kappa shape index (κ1) is 6.30. The van der Waals surface area contributed by atoms with Crippen LogP contribution in [0, 0.1) is 6.92 Å². The third-order valence-corrected chi connectivity index (χ3v) is 1.44. The molecule has 0 saturated heterocycles. The number of nitrogens with one attached hydrogen (secondary N) is 1. The van der Waals surface area contributed by atoms with Crippen LogP contribution in [-0.2, 0) is 0 Å². The number of hydrogen-bond donors (Lipinski definition) is 1. The Bertz CT molecular complexity index is 298. The first-order chi connectivity index (χ1) is 5.36. The van der Waals surface area contributed by atoms with E-state index < -0.39 is 0 Å². The van der Waals surface area contributed by atoms with Crippen LogP contribution in [0.1, 0.15) is 5.69 Å². The number of anilines is 1. The van der Waals surface area contributed by atoms with E-state index >= 15 is 0 Å². The van der Waals surface area contributed by atoms with Crippen LogP contribution in [0.3, 0.4) is 0 Å². The second-order valence-corrected chi connectivity index (χ2v) is 2.35. The number of aryl methyl sites for hydroxylation is 1. The van der Waals surface area contributed by atoms with Crippen molar-refractivity contribution >= 4 is 12.0 Å². The van der Waals surface area contributed by atoms with Gasteiger partial charge in [0, 0.05) is 6.08 Å². The van der Waals surface area contributed by atoms with E-state index in [2.05, 4.69) is 15.3 Å². The molecule has 0 fully saturated rings. The lowest BCUT2D eigenvalue weighted by molar-refractivity contribution is 0.725. The fraction of sp³-hybridized carbons (Fsp3) is 0.143. The third kappa shape index (κ3) is 1.08. The van der Waals surface area contributed by atoms with Gasteiger partial charge < -0.3 is 0 Å². The summed E-state index contributed by atoms with van der Waals surface area (Å²) < 4.78 is 0. The molecule has 55 valence electrons. The molecule has 0 unspecified atom stereocenters. The van der Waals surface area contributed by atoms with E-state index in [9.17, 15) is 0 Å². The van der Waals surface area contributed by atoms with Crippen molar-refractivity contribution in [3.8, 4) is 0 Å². The standard InChI is InChI=1S/C7H8N4/c1-6-5-7(10-9-6)11-4-2-3-8-11/h2-5H,1H3,(H,9,10)/q+1. The van der Waals surface area contributed by atoms with E-state index in [1.165, 1.54) is 0 Å². The van der Waals surface area contributed by atoms with Gasteiger partial charge in [-0.3, -0.25) is 0 Å². The molecule has 0 saturated carbocycles. The highest BCUT2D eigenvalue weighted by atomic mass is 15.5. The molecule has 2 rings (SSSR count). The minimum absolute atomic E-state index is 0.896. The number of H-pyrrole nitrogens is 1. The average molecular weight is 148 g/mol. The van der Waals surface area contributed by atoms with Gasteiger partial charge in [-0.25, -0.2) is 5.10 Å². The lowest BCUT2D eigenvalue weighted by atomic mass is 10.5. The van der Waals surface area contributed by atoms with Crippen LogP contribution in [0.5, 0.6) is 0 Å². The Morgan fingerprint density at radius 2 is 2.45 bits per heavy atom. The minimum Gasteiger partial charge on any atom is -0.225 e. The zero-order valence-corrected chi connectivity index (χ0v) is 6.15. The molecule has 11 heavy (non-hydrogen) atoms. The molecule has 0 bridgehead atoms. The van der Waals surface area contributed by atoms with Crippen LogP contribution in [0.2, 0.25) is 0 Å². The molecule has 1 aromatic heterocycles. The summed E-state index contributed by atoms with van der Waals surface area (Å²) in [6, 6.07) is 1.94. The van der Waals surface area contributed by atoms with E-state index in [0.29, 0.717) is 0 Å². The van der Waals surface area contributed by atoms with Gasteiger partial charge in [0.05, 0.1) is 23.0 Å². The summed E-state index contributed by atoms with van der Waals surface area (Å²) in [5, 5.41) is 12.6. The van der Waals surface area contributed by atoms with Gasteiger partial charge in [0.1, 0.15) is 0 Å². The predicted octanol–water partition coefficient (Wildman–Crippen LogP) is 1.00. The quantitative estimate of drug-likeness (QED) is 0.593. The van der Waals surface area contributed by atoms with Crippen molar-refractivity contribution in [1.82, 2.24) is 15.2 Å². The Balaban J connectivity index is 2.29. The number of hydrogen-bond acceptors (Lipinski definition) is 3. The van der Waals surface area contributed by atoms with Crippen molar-refractivity contribution in [2.45, 2.75) is 6.92 Å². The van der Waals surface area contributed by atoms with Gasteiger partial charge in [-0.2, -0.15) is 5.10 Å². The molecule has 4 nitrogen and oxygen atoms in total. The average Bonchev–Trinajstić information content (AvgIpc) is 2.55. The summed E-state index contributed by atoms with van der Waals surface area (Å²) in [7, 11) is 0. The van der Waals surface area contributed by atoms with Gasteiger partial charge in [-0.1, -0.05) is 0 Å². The second-order valence-electron chi connectivity index (χ2n) is 2.35. The summed E-state index contributed by atoms with van der Waals surface area (Å²) in [6.45, 7) is 1.93. The van der Waals surface area contributed by atoms with E-state index in [4.69, 9.17) is 0 Å². The smallest absolute Gasteiger partial charge is 0.225 e. The third-order valence-electron chi connectivity index (χ3n) is 1.44. The van der Waals surface area contributed by atoms with Crippen molar-refractivity contribution < 1.29 is 0 Å². The molecule has 1 radical (unpaired) electrons. The lowest BCUT2D eigenvalue weighted by Gasteiger charge is -1.86. The fourth-order valence-corrected chi connectivity index (χ4v) is 0.937. The Morgan fingerprint density at radius 3 is 3.00 bits per heavy atom. The van der Waals surface area contributed by atoms with Gasteiger partial charge in [-0.15, -0.1) is 0 Å². The van der Waals surface area contributed by atoms with Crippen molar-refractivity contribution in [3.63, 3.8) is 0 Å². The van der Waals surface area contributed by atoms with Crippen LogP contribution < -0.4 is 5.01 Å². The Kier molecular flexibility index (Phi) is 1.33. The van der Waals surface area contributed by atoms with Crippen molar-refractivity contribution in [3.05, 3.63) is 24.0 Å². The minimum atomic E-state index is 0.896. The molecule has 1 aliphatic rings. The fourth-order valence-electron chi connectivity index (χ4n) is 0.937. The van der Waals surface area contributed by atoms with Gasteiger partial charge in [-0.05, 0) is 12.0 Å². The second kappa shape index (κ2) is 2.32. The van der Waals surface area contributed by atoms with Crippen molar-refractivity contribution in [2.75, 3.05) is 0 Å². The van der Waals surface area contributed by atoms with Crippen LogP contribution in [-0.4, -0.2) is 16.4 Å². The lowest BCUT2D eigenvalue weighted by Crippen LogP contribution is -2.05. The molecule has 0 amide bonds.